The monoisotopic (exact) mass is 702 g/mol. The quantitative estimate of drug-likeness (QED) is 0.273. The average Bonchev–Trinajstić information content (AvgIpc) is 3.46. The second-order valence-electron chi connectivity index (χ2n) is 10.0. The third kappa shape index (κ3) is 9.35. The molecule has 3 aromatic rings. The zero-order valence-corrected chi connectivity index (χ0v) is 26.0. The number of sulfonamides is 1. The Morgan fingerprint density at radius 2 is 1.24 bits per heavy atom. The van der Waals surface area contributed by atoms with Gasteiger partial charge >= 0.3 is 12.4 Å². The molecule has 2 fully saturated rings. The minimum Gasteiger partial charge on any atom is -0.305 e. The number of halogens is 6. The molecule has 244 valence electrons. The molecule has 0 saturated carbocycles. The van der Waals surface area contributed by atoms with Crippen LogP contribution in [0, 0.1) is 12.3 Å². The number of rotatable bonds is 6. The van der Waals surface area contributed by atoms with Crippen molar-refractivity contribution in [2.75, 3.05) is 0 Å². The topological polar surface area (TPSA) is 129 Å². The molecule has 46 heavy (non-hydrogen) atoms. The van der Waals surface area contributed by atoms with Gasteiger partial charge in [0, 0.05) is 0 Å². The van der Waals surface area contributed by atoms with Gasteiger partial charge in [0.15, 0.2) is 10.3 Å². The van der Waals surface area contributed by atoms with Crippen molar-refractivity contribution >= 4 is 55.7 Å². The summed E-state index contributed by atoms with van der Waals surface area (Å²) in [4.78, 5) is 23.5. The highest BCUT2D eigenvalue weighted by atomic mass is 32.2. The first-order valence-electron chi connectivity index (χ1n) is 13.2. The number of hydrogen-bond donors (Lipinski definition) is 3. The number of alkyl halides is 6. The summed E-state index contributed by atoms with van der Waals surface area (Å²) in [5.41, 5.74) is 0.122. The van der Waals surface area contributed by atoms with Gasteiger partial charge in [-0.3, -0.25) is 15.0 Å². The number of amidine groups is 2. The maximum atomic E-state index is 12.8. The van der Waals surface area contributed by atoms with Crippen molar-refractivity contribution in [3.63, 3.8) is 0 Å². The molecule has 2 aliphatic heterocycles. The summed E-state index contributed by atoms with van der Waals surface area (Å²) >= 11 is 1.90. The lowest BCUT2D eigenvalue weighted by Crippen LogP contribution is -2.26. The fourth-order valence-electron chi connectivity index (χ4n) is 4.18. The van der Waals surface area contributed by atoms with Gasteiger partial charge in [0.2, 0.25) is 11.8 Å². The van der Waals surface area contributed by atoms with Gasteiger partial charge in [0.05, 0.1) is 26.5 Å². The Hall–Kier alpha value is -3.83. The van der Waals surface area contributed by atoms with Crippen molar-refractivity contribution < 1.29 is 44.3 Å². The zero-order valence-electron chi connectivity index (χ0n) is 23.6. The first-order valence-corrected chi connectivity index (χ1v) is 16.4. The van der Waals surface area contributed by atoms with Crippen LogP contribution in [0.15, 0.2) is 82.1 Å². The molecule has 17 heteroatoms. The van der Waals surface area contributed by atoms with Crippen LogP contribution in [0.5, 0.6) is 0 Å². The van der Waals surface area contributed by atoms with Gasteiger partial charge in [0.1, 0.15) is 0 Å². The first-order chi connectivity index (χ1) is 21.4. The normalized spacial score (nSPS) is 19.5. The largest absolute Gasteiger partial charge is 0.416 e. The van der Waals surface area contributed by atoms with Gasteiger partial charge in [-0.1, -0.05) is 77.6 Å². The summed E-state index contributed by atoms with van der Waals surface area (Å²) in [6, 6.07) is 15.7. The van der Waals surface area contributed by atoms with Crippen molar-refractivity contribution in [2.45, 2.75) is 47.5 Å². The highest BCUT2D eigenvalue weighted by Gasteiger charge is 2.35. The van der Waals surface area contributed by atoms with E-state index in [0.717, 1.165) is 53.4 Å². The predicted octanol–water partition coefficient (Wildman–Crippen LogP) is 5.95. The van der Waals surface area contributed by atoms with Crippen molar-refractivity contribution in [1.29, 1.82) is 5.41 Å². The van der Waals surface area contributed by atoms with E-state index < -0.39 is 49.9 Å². The number of aryl methyl sites for hydroxylation is 1. The number of carbonyl (C=O) groups excluding carboxylic acids is 2. The molecular weight excluding hydrogens is 679 g/mol. The van der Waals surface area contributed by atoms with E-state index in [1.165, 1.54) is 30.3 Å². The van der Waals surface area contributed by atoms with Crippen molar-refractivity contribution in [1.82, 2.24) is 10.6 Å². The molecule has 2 unspecified atom stereocenters. The summed E-state index contributed by atoms with van der Waals surface area (Å²) < 4.78 is 104. The van der Waals surface area contributed by atoms with Crippen LogP contribution in [0.25, 0.3) is 0 Å². The van der Waals surface area contributed by atoms with E-state index in [4.69, 9.17) is 5.41 Å². The van der Waals surface area contributed by atoms with E-state index in [9.17, 15) is 44.3 Å². The molecule has 0 aromatic heterocycles. The second kappa shape index (κ2) is 13.9. The molecule has 2 saturated heterocycles. The van der Waals surface area contributed by atoms with Gasteiger partial charge < -0.3 is 10.6 Å². The highest BCUT2D eigenvalue weighted by molar-refractivity contribution is 8.16. The number of benzene rings is 3. The SMILES string of the molecule is Cc1ccc(S(=O)(=O)N=C2NC(=O)C(Cc3cccc(C(F)(F)F)c3)S2)cc1.N=C1NC(=O)C(Cc2cccc(C(F)(F)F)c2)S1. The minimum atomic E-state index is -4.48. The maximum Gasteiger partial charge on any atom is 0.416 e. The first kappa shape index (κ1) is 35.0. The molecule has 0 bridgehead atoms. The molecular formula is C29H24F6N4O4S3. The van der Waals surface area contributed by atoms with E-state index >= 15 is 0 Å². The lowest BCUT2D eigenvalue weighted by molar-refractivity contribution is -0.138. The molecule has 8 nitrogen and oxygen atoms in total. The number of carbonyl (C=O) groups is 2. The zero-order chi connectivity index (χ0) is 33.9. The molecule has 3 aromatic carbocycles. The highest BCUT2D eigenvalue weighted by Crippen LogP contribution is 2.32. The fraction of sp³-hybridized carbons (Fsp3) is 0.241. The van der Waals surface area contributed by atoms with E-state index in [2.05, 4.69) is 15.0 Å². The van der Waals surface area contributed by atoms with Crippen LogP contribution in [-0.4, -0.2) is 41.1 Å². The van der Waals surface area contributed by atoms with Gasteiger partial charge in [-0.2, -0.15) is 34.8 Å². The molecule has 2 heterocycles. The molecule has 2 aliphatic rings. The van der Waals surface area contributed by atoms with E-state index in [1.807, 2.05) is 6.92 Å². The number of nitrogens with one attached hydrogen (secondary N) is 3. The molecule has 0 radical (unpaired) electrons. The van der Waals surface area contributed by atoms with Crippen molar-refractivity contribution in [3.8, 4) is 0 Å². The molecule has 0 aliphatic carbocycles. The van der Waals surface area contributed by atoms with Gasteiger partial charge in [-0.25, -0.2) is 0 Å². The number of nitrogens with zero attached hydrogens (tertiary/aromatic N) is 1. The van der Waals surface area contributed by atoms with Crippen LogP contribution in [0.4, 0.5) is 26.3 Å². The molecule has 2 amide bonds. The third-order valence-corrected chi connectivity index (χ3v) is 9.93. The number of hydrogen-bond acceptors (Lipinski definition) is 7. The van der Waals surface area contributed by atoms with Crippen molar-refractivity contribution in [3.05, 3.63) is 101 Å². The van der Waals surface area contributed by atoms with E-state index in [-0.39, 0.29) is 34.0 Å². The predicted molar refractivity (Wildman–Crippen MR) is 163 cm³/mol. The smallest absolute Gasteiger partial charge is 0.305 e. The van der Waals surface area contributed by atoms with Gasteiger partial charge in [0.25, 0.3) is 10.0 Å². The number of amides is 2. The Labute approximate surface area is 268 Å². The Balaban J connectivity index is 0.000000230. The lowest BCUT2D eigenvalue weighted by atomic mass is 10.1. The van der Waals surface area contributed by atoms with Crippen LogP contribution in [-0.2, 0) is 44.8 Å². The van der Waals surface area contributed by atoms with Crippen molar-refractivity contribution in [2.24, 2.45) is 4.40 Å². The maximum absolute atomic E-state index is 12.8. The molecule has 0 spiro atoms. The van der Waals surface area contributed by atoms with E-state index in [1.54, 1.807) is 18.2 Å². The summed E-state index contributed by atoms with van der Waals surface area (Å²) in [5.74, 6) is -0.831. The third-order valence-electron chi connectivity index (χ3n) is 6.44. The standard InChI is InChI=1S/C18H15F3N2O3S2.C11H9F3N2OS/c1-11-5-7-14(8-6-11)28(25,26)23-17-22-16(24)15(27-17)10-12-3-2-4-13(9-12)18(19,20)21;12-11(13,14)7-3-1-2-6(4-7)5-8-9(17)16-10(15)18-8/h2-9,15H,10H2,1H3,(H,22,23,24);1-4,8H,5H2,(H2,15,16,17). The van der Waals surface area contributed by atoms with Crippen LogP contribution in [0.1, 0.15) is 27.8 Å². The van der Waals surface area contributed by atoms with Gasteiger partial charge in [-0.15, -0.1) is 4.40 Å². The second-order valence-corrected chi connectivity index (χ2v) is 14.0. The van der Waals surface area contributed by atoms with E-state index in [0.29, 0.717) is 11.1 Å². The Morgan fingerprint density at radius 1 is 0.761 bits per heavy atom. The summed E-state index contributed by atoms with van der Waals surface area (Å²) in [6.45, 7) is 1.81. The van der Waals surface area contributed by atoms with Crippen LogP contribution < -0.4 is 10.6 Å². The molecule has 2 atom stereocenters. The summed E-state index contributed by atoms with van der Waals surface area (Å²) in [5, 5.41) is 10.6. The molecule has 3 N–H and O–H groups in total. The lowest BCUT2D eigenvalue weighted by Gasteiger charge is -2.10. The summed E-state index contributed by atoms with van der Waals surface area (Å²) in [6.07, 6.45) is -8.66. The Morgan fingerprint density at radius 3 is 1.70 bits per heavy atom. The molecule has 5 rings (SSSR count). The van der Waals surface area contributed by atoms with Gasteiger partial charge in [-0.05, 0) is 55.2 Å². The average molecular weight is 703 g/mol. The summed E-state index contributed by atoms with van der Waals surface area (Å²) in [7, 11) is -4.00. The van der Waals surface area contributed by atoms with Crippen LogP contribution in [0.3, 0.4) is 0 Å². The Bertz CT molecular complexity index is 1780. The number of thioether (sulfide) groups is 2. The Kier molecular flexibility index (Phi) is 10.6. The van der Waals surface area contributed by atoms with Crippen LogP contribution in [0.2, 0.25) is 0 Å². The minimum absolute atomic E-state index is 0.0122. The van der Waals surface area contributed by atoms with Crippen LogP contribution >= 0.6 is 23.5 Å². The fourth-order valence-corrected chi connectivity index (χ4v) is 7.26.